The predicted molar refractivity (Wildman–Crippen MR) is 63.9 cm³/mol. The zero-order valence-corrected chi connectivity index (χ0v) is 11.2. The first-order valence-corrected chi connectivity index (χ1v) is 7.59. The first-order valence-electron chi connectivity index (χ1n) is 4.71. The molecule has 0 spiro atoms. The molecule has 6 nitrogen and oxygen atoms in total. The summed E-state index contributed by atoms with van der Waals surface area (Å²) in [5.41, 5.74) is -5.58. The van der Waals surface area contributed by atoms with Gasteiger partial charge in [0.25, 0.3) is 0 Å². The minimum atomic E-state index is -6.53. The maximum Gasteiger partial charge on any atom is 0.511 e. The highest BCUT2D eigenvalue weighted by Gasteiger charge is 2.50. The molecular weight excluding hydrogens is 323 g/mol. The fourth-order valence-electron chi connectivity index (χ4n) is 1.08. The van der Waals surface area contributed by atoms with Crippen LogP contribution in [0.4, 0.5) is 13.2 Å². The normalized spacial score (nSPS) is 13.4. The molecule has 1 aromatic carbocycles. The Morgan fingerprint density at radius 3 is 1.90 bits per heavy atom. The van der Waals surface area contributed by atoms with E-state index in [0.29, 0.717) is 5.56 Å². The van der Waals surface area contributed by atoms with Crippen molar-refractivity contribution < 1.29 is 30.0 Å². The van der Waals surface area contributed by atoms with Crippen molar-refractivity contribution in [2.24, 2.45) is 0 Å². The van der Waals surface area contributed by atoms with E-state index in [-0.39, 0.29) is 0 Å². The van der Waals surface area contributed by atoms with E-state index in [1.807, 2.05) is 0 Å². The first-order chi connectivity index (χ1) is 8.94. The van der Waals surface area contributed by atoms with Crippen molar-refractivity contribution in [3.63, 3.8) is 0 Å². The molecule has 0 aromatic heterocycles. The van der Waals surface area contributed by atoms with Crippen molar-refractivity contribution in [1.29, 1.82) is 0 Å². The molecule has 0 fully saturated rings. The zero-order chi connectivity index (χ0) is 15.8. The van der Waals surface area contributed by atoms with Crippen LogP contribution in [0.1, 0.15) is 5.56 Å². The number of rotatable bonds is 4. The number of sulfonamides is 2. The molecule has 0 saturated heterocycles. The van der Waals surface area contributed by atoms with Crippen LogP contribution < -0.4 is 0 Å². The number of halogens is 3. The maximum absolute atomic E-state index is 12.1. The van der Waals surface area contributed by atoms with Gasteiger partial charge in [0.15, 0.2) is 0 Å². The molecule has 0 radical (unpaired) electrons. The van der Waals surface area contributed by atoms with Gasteiger partial charge in [0.05, 0.1) is 4.90 Å². The molecule has 112 valence electrons. The summed E-state index contributed by atoms with van der Waals surface area (Å²) in [6, 6.07) is 3.88. The molecule has 0 aliphatic rings. The van der Waals surface area contributed by atoms with Crippen LogP contribution in [-0.2, 0) is 20.0 Å². The smallest absolute Gasteiger partial charge is 0.511 e. The van der Waals surface area contributed by atoms with Gasteiger partial charge >= 0.3 is 15.5 Å². The molecule has 0 bridgehead atoms. The first kappa shape index (κ1) is 16.6. The zero-order valence-electron chi connectivity index (χ0n) is 9.53. The van der Waals surface area contributed by atoms with Crippen molar-refractivity contribution in [2.75, 3.05) is 0 Å². The maximum atomic E-state index is 12.1. The Hall–Kier alpha value is -1.43. The second kappa shape index (κ2) is 5.16. The second-order valence-electron chi connectivity index (χ2n) is 3.39. The fraction of sp³-hybridized carbons (Fsp3) is 0.111. The van der Waals surface area contributed by atoms with Gasteiger partial charge in [-0.1, -0.05) is 24.8 Å². The van der Waals surface area contributed by atoms with E-state index in [1.165, 1.54) is 6.08 Å². The highest BCUT2D eigenvalue weighted by atomic mass is 32.3. The summed E-state index contributed by atoms with van der Waals surface area (Å²) in [4.78, 5) is -0.883. The summed E-state index contributed by atoms with van der Waals surface area (Å²) in [6.07, 6.45) is 1.32. The summed E-state index contributed by atoms with van der Waals surface area (Å²) >= 11 is 0. The topological polar surface area (TPSA) is 94.6 Å². The van der Waals surface area contributed by atoms with Crippen LogP contribution in [0.2, 0.25) is 0 Å². The molecule has 1 aromatic rings. The Kier molecular flexibility index (Phi) is 4.29. The summed E-state index contributed by atoms with van der Waals surface area (Å²) in [7, 11) is -11.9. The molecule has 1 rings (SSSR count). The minimum absolute atomic E-state index is 0.431. The monoisotopic (exact) mass is 330 g/mol. The van der Waals surface area contributed by atoms with Crippen LogP contribution in [0.5, 0.6) is 0 Å². The molecule has 0 N–H and O–H groups in total. The Balaban J connectivity index is 3.33. The molecule has 0 aliphatic carbocycles. The molecule has 0 saturated carbocycles. The average molecular weight is 330 g/mol. The van der Waals surface area contributed by atoms with E-state index in [9.17, 15) is 35.2 Å². The van der Waals surface area contributed by atoms with Crippen LogP contribution in [0.15, 0.2) is 35.7 Å². The van der Waals surface area contributed by atoms with Crippen LogP contribution in [0.25, 0.3) is 6.08 Å². The van der Waals surface area contributed by atoms with Crippen molar-refractivity contribution in [3.05, 3.63) is 41.6 Å². The number of hydrogen-bond donors (Lipinski definition) is 0. The van der Waals surface area contributed by atoms with Gasteiger partial charge in [-0.05, 0) is 17.7 Å². The van der Waals surface area contributed by atoms with Crippen LogP contribution in [-0.4, -0.2) is 26.2 Å². The van der Waals surface area contributed by atoms with Crippen molar-refractivity contribution in [2.45, 2.75) is 10.4 Å². The second-order valence-corrected chi connectivity index (χ2v) is 7.12. The lowest BCUT2D eigenvalue weighted by atomic mass is 10.2. The molecule has 11 heteroatoms. The van der Waals surface area contributed by atoms with Crippen molar-refractivity contribution in [1.82, 2.24) is 3.87 Å². The largest absolute Gasteiger partial charge is 0.758 e. The molecular formula is C9H7F3NO5S2-. The van der Waals surface area contributed by atoms with Crippen LogP contribution >= 0.6 is 0 Å². The highest BCUT2D eigenvalue weighted by molar-refractivity contribution is 8.04. The lowest BCUT2D eigenvalue weighted by Gasteiger charge is -2.27. The summed E-state index contributed by atoms with van der Waals surface area (Å²) < 4.78 is 79.1. The predicted octanol–water partition coefficient (Wildman–Crippen LogP) is 1.67. The van der Waals surface area contributed by atoms with E-state index < -0.39 is 34.3 Å². The van der Waals surface area contributed by atoms with Crippen LogP contribution in [0, 0.1) is 5.21 Å². The SMILES string of the molecule is C=Cc1ccc(S(=O)(=O)N([O-])S(=O)(=O)C(F)(F)F)cc1. The summed E-state index contributed by atoms with van der Waals surface area (Å²) in [5.74, 6) is 0. The lowest BCUT2D eigenvalue weighted by molar-refractivity contribution is -0.0462. The van der Waals surface area contributed by atoms with Gasteiger partial charge in [-0.2, -0.15) is 17.0 Å². The summed E-state index contributed by atoms with van der Waals surface area (Å²) in [5, 5.41) is 11.1. The van der Waals surface area contributed by atoms with Gasteiger partial charge < -0.3 is 5.21 Å². The van der Waals surface area contributed by atoms with Gasteiger partial charge in [0.1, 0.15) is 0 Å². The Morgan fingerprint density at radius 2 is 1.55 bits per heavy atom. The van der Waals surface area contributed by atoms with Crippen molar-refractivity contribution >= 4 is 26.1 Å². The third-order valence-corrected chi connectivity index (χ3v) is 5.51. The van der Waals surface area contributed by atoms with Gasteiger partial charge in [-0.25, -0.2) is 16.8 Å². The van der Waals surface area contributed by atoms with E-state index >= 15 is 0 Å². The van der Waals surface area contributed by atoms with Gasteiger partial charge in [-0.3, -0.25) is 0 Å². The fourth-order valence-corrected chi connectivity index (χ4v) is 3.44. The van der Waals surface area contributed by atoms with Gasteiger partial charge in [0, 0.05) is 0 Å². The van der Waals surface area contributed by atoms with E-state index in [1.54, 1.807) is 0 Å². The molecule has 0 aliphatic heterocycles. The van der Waals surface area contributed by atoms with E-state index in [0.717, 1.165) is 24.3 Å². The van der Waals surface area contributed by atoms with Crippen LogP contribution in [0.3, 0.4) is 0 Å². The standard InChI is InChI=1S/C9H7F3NO5S2/c1-2-7-3-5-8(6-4-7)19(15,16)13(14)20(17,18)9(10,11)12/h2-6H,1H2/q-1. The van der Waals surface area contributed by atoms with E-state index in [4.69, 9.17) is 0 Å². The number of benzene rings is 1. The highest BCUT2D eigenvalue weighted by Crippen LogP contribution is 2.30. The molecule has 20 heavy (non-hydrogen) atoms. The van der Waals surface area contributed by atoms with Gasteiger partial charge in [0.2, 0.25) is 10.0 Å². The molecule has 0 unspecified atom stereocenters. The molecule has 0 atom stereocenters. The number of alkyl halides is 3. The average Bonchev–Trinajstić information content (AvgIpc) is 2.36. The molecule has 0 amide bonds. The van der Waals surface area contributed by atoms with Crippen molar-refractivity contribution in [3.8, 4) is 0 Å². The third kappa shape index (κ3) is 2.85. The number of hydrogen-bond acceptors (Lipinski definition) is 5. The molecule has 0 heterocycles. The Labute approximate surface area is 112 Å². The van der Waals surface area contributed by atoms with Gasteiger partial charge in [-0.15, -0.1) is 0 Å². The minimum Gasteiger partial charge on any atom is -0.758 e. The summed E-state index contributed by atoms with van der Waals surface area (Å²) in [6.45, 7) is 3.36. The lowest BCUT2D eigenvalue weighted by Crippen LogP contribution is -2.40. The number of nitrogens with zero attached hydrogens (tertiary/aromatic N) is 1. The Morgan fingerprint density at radius 1 is 1.10 bits per heavy atom. The third-order valence-electron chi connectivity index (χ3n) is 2.10. The quantitative estimate of drug-likeness (QED) is 0.783. The van der Waals surface area contributed by atoms with E-state index in [2.05, 4.69) is 6.58 Å². The Bertz CT molecular complexity index is 707.